The number of nitrogens with one attached hydrogen (secondary N) is 1. The van der Waals surface area contributed by atoms with E-state index in [0.717, 1.165) is 0 Å². The molecule has 2 rings (SSSR count). The Kier molecular flexibility index (Phi) is 1.71. The first kappa shape index (κ1) is 7.17. The van der Waals surface area contributed by atoms with E-state index in [4.69, 9.17) is 0 Å². The van der Waals surface area contributed by atoms with Crippen molar-refractivity contribution in [2.24, 2.45) is 0 Å². The van der Waals surface area contributed by atoms with Gasteiger partial charge in [0.1, 0.15) is 0 Å². The van der Waals surface area contributed by atoms with Crippen LogP contribution in [-0.4, -0.2) is 4.98 Å². The summed E-state index contributed by atoms with van der Waals surface area (Å²) in [5.41, 5.74) is 1.28. The zero-order valence-electron chi connectivity index (χ0n) is 7.04. The monoisotopic (exact) mass is 157 g/mol. The fourth-order valence-corrected chi connectivity index (χ4v) is 1.32. The van der Waals surface area contributed by atoms with E-state index in [1.165, 1.54) is 16.1 Å². The standard InChI is InChI=1S/C11H11N/c1-9-4-2-3-5-11-10(8-9)6-7-12-11/h2-8,12H,1H3/b3-2+,4-2?,5-3?,9-4-,9-8?,10-8-,11-5-. The molecule has 0 fully saturated rings. The molecule has 1 aromatic heterocycles. The van der Waals surface area contributed by atoms with Crippen LogP contribution in [0.25, 0.3) is 12.2 Å². The predicted octanol–water partition coefficient (Wildman–Crippen LogP) is 1.09. The van der Waals surface area contributed by atoms with Gasteiger partial charge in [0.05, 0.1) is 0 Å². The highest BCUT2D eigenvalue weighted by Crippen LogP contribution is 1.95. The number of allylic oxidation sites excluding steroid dienone is 4. The Balaban J connectivity index is 2.78. The van der Waals surface area contributed by atoms with Gasteiger partial charge < -0.3 is 4.98 Å². The summed E-state index contributed by atoms with van der Waals surface area (Å²) in [6, 6.07) is 2.09. The van der Waals surface area contributed by atoms with E-state index >= 15 is 0 Å². The number of hydrogen-bond donors (Lipinski definition) is 1. The maximum Gasteiger partial charge on any atom is 0.0453 e. The molecule has 0 aliphatic heterocycles. The Labute approximate surface area is 71.4 Å². The second-order valence-electron chi connectivity index (χ2n) is 2.95. The van der Waals surface area contributed by atoms with Crippen molar-refractivity contribution < 1.29 is 0 Å². The van der Waals surface area contributed by atoms with Crippen molar-refractivity contribution in [2.75, 3.05) is 0 Å². The molecule has 1 aliphatic rings. The first-order valence-electron chi connectivity index (χ1n) is 4.07. The van der Waals surface area contributed by atoms with Gasteiger partial charge in [-0.25, -0.2) is 0 Å². The average molecular weight is 157 g/mol. The molecule has 0 unspecified atom stereocenters. The average Bonchev–Trinajstić information content (AvgIpc) is 2.42. The highest BCUT2D eigenvalue weighted by molar-refractivity contribution is 5.51. The first-order valence-corrected chi connectivity index (χ1v) is 4.07. The molecule has 0 radical (unpaired) electrons. The molecule has 0 aromatic carbocycles. The smallest absolute Gasteiger partial charge is 0.0453 e. The van der Waals surface area contributed by atoms with Crippen molar-refractivity contribution in [3.63, 3.8) is 0 Å². The lowest BCUT2D eigenvalue weighted by Crippen LogP contribution is -2.21. The van der Waals surface area contributed by atoms with Crippen LogP contribution in [0.15, 0.2) is 36.1 Å². The molecule has 0 saturated carbocycles. The van der Waals surface area contributed by atoms with E-state index in [9.17, 15) is 0 Å². The lowest BCUT2D eigenvalue weighted by atomic mass is 10.2. The second kappa shape index (κ2) is 2.86. The van der Waals surface area contributed by atoms with Crippen LogP contribution in [0.2, 0.25) is 0 Å². The van der Waals surface area contributed by atoms with Gasteiger partial charge in [-0.05, 0) is 30.4 Å². The van der Waals surface area contributed by atoms with Crippen molar-refractivity contribution in [1.29, 1.82) is 0 Å². The predicted molar refractivity (Wildman–Crippen MR) is 51.9 cm³/mol. The van der Waals surface area contributed by atoms with Crippen LogP contribution in [-0.2, 0) is 0 Å². The van der Waals surface area contributed by atoms with Crippen LogP contribution in [0.3, 0.4) is 0 Å². The highest BCUT2D eigenvalue weighted by Gasteiger charge is 1.87. The van der Waals surface area contributed by atoms with Crippen LogP contribution < -0.4 is 10.6 Å². The first-order chi connectivity index (χ1) is 5.86. The van der Waals surface area contributed by atoms with Gasteiger partial charge in [0.15, 0.2) is 0 Å². The van der Waals surface area contributed by atoms with E-state index in [1.54, 1.807) is 0 Å². The van der Waals surface area contributed by atoms with Crippen molar-refractivity contribution in [3.05, 3.63) is 46.6 Å². The molecule has 0 saturated heterocycles. The number of fused-ring (bicyclic) bond motifs is 1. The number of aromatic amines is 1. The Hall–Kier alpha value is -1.50. The number of hydrogen-bond acceptors (Lipinski definition) is 0. The molecule has 0 bridgehead atoms. The minimum atomic E-state index is 1.18. The molecule has 0 amide bonds. The lowest BCUT2D eigenvalue weighted by molar-refractivity contribution is 1.31. The van der Waals surface area contributed by atoms with Crippen LogP contribution in [0.5, 0.6) is 0 Å². The largest absolute Gasteiger partial charge is 0.361 e. The Bertz CT molecular complexity index is 444. The highest BCUT2D eigenvalue weighted by atomic mass is 14.6. The molecule has 1 aromatic rings. The summed E-state index contributed by atoms with van der Waals surface area (Å²) in [7, 11) is 0. The van der Waals surface area contributed by atoms with Gasteiger partial charge in [-0.2, -0.15) is 0 Å². The SMILES string of the molecule is CC1=C/C=C/C=c2\[nH]cc\c2=C\1. The maximum absolute atomic E-state index is 3.18. The summed E-state index contributed by atoms with van der Waals surface area (Å²) in [6.45, 7) is 2.10. The quantitative estimate of drug-likeness (QED) is 0.580. The normalized spacial score (nSPS) is 27.6. The molecule has 1 N–H and O–H groups in total. The summed E-state index contributed by atoms with van der Waals surface area (Å²) < 4.78 is 0. The summed E-state index contributed by atoms with van der Waals surface area (Å²) in [4.78, 5) is 3.18. The van der Waals surface area contributed by atoms with E-state index in [0.29, 0.717) is 0 Å². The molecule has 0 atom stereocenters. The van der Waals surface area contributed by atoms with Crippen molar-refractivity contribution >= 4 is 12.2 Å². The van der Waals surface area contributed by atoms with Crippen LogP contribution in [0, 0.1) is 0 Å². The Morgan fingerprint density at radius 2 is 2.00 bits per heavy atom. The van der Waals surface area contributed by atoms with E-state index in [1.807, 2.05) is 12.3 Å². The fraction of sp³-hybridized carbons (Fsp3) is 0.0909. The molecule has 1 heterocycles. The fourth-order valence-electron chi connectivity index (χ4n) is 1.32. The van der Waals surface area contributed by atoms with E-state index in [-0.39, 0.29) is 0 Å². The number of rotatable bonds is 0. The third-order valence-electron chi connectivity index (χ3n) is 1.93. The molecule has 0 spiro atoms. The summed E-state index contributed by atoms with van der Waals surface area (Å²) >= 11 is 0. The lowest BCUT2D eigenvalue weighted by Gasteiger charge is -1.89. The second-order valence-corrected chi connectivity index (χ2v) is 2.95. The summed E-state index contributed by atoms with van der Waals surface area (Å²) in [5, 5.41) is 2.44. The molecular weight excluding hydrogens is 146 g/mol. The molecule has 1 nitrogen and oxygen atoms in total. The van der Waals surface area contributed by atoms with Gasteiger partial charge in [0.25, 0.3) is 0 Å². The van der Waals surface area contributed by atoms with Crippen LogP contribution in [0.1, 0.15) is 6.92 Å². The van der Waals surface area contributed by atoms with Gasteiger partial charge in [-0.3, -0.25) is 0 Å². The van der Waals surface area contributed by atoms with E-state index < -0.39 is 0 Å². The van der Waals surface area contributed by atoms with Crippen molar-refractivity contribution in [3.8, 4) is 0 Å². The summed E-state index contributed by atoms with van der Waals surface area (Å²) in [6.07, 6.45) is 12.4. The number of H-pyrrole nitrogens is 1. The number of aromatic nitrogens is 1. The maximum atomic E-state index is 3.18. The minimum Gasteiger partial charge on any atom is -0.361 e. The topological polar surface area (TPSA) is 15.8 Å². The molecule has 1 aliphatic carbocycles. The van der Waals surface area contributed by atoms with Gasteiger partial charge in [-0.1, -0.05) is 23.8 Å². The van der Waals surface area contributed by atoms with Crippen LogP contribution in [0.4, 0.5) is 0 Å². The zero-order valence-corrected chi connectivity index (χ0v) is 7.04. The summed E-state index contributed by atoms with van der Waals surface area (Å²) in [5.74, 6) is 0. The van der Waals surface area contributed by atoms with Gasteiger partial charge in [0.2, 0.25) is 0 Å². The Morgan fingerprint density at radius 3 is 2.92 bits per heavy atom. The van der Waals surface area contributed by atoms with Crippen molar-refractivity contribution in [2.45, 2.75) is 6.92 Å². The minimum absolute atomic E-state index is 1.18. The zero-order chi connectivity index (χ0) is 8.39. The molecule has 12 heavy (non-hydrogen) atoms. The van der Waals surface area contributed by atoms with Crippen LogP contribution >= 0.6 is 0 Å². The van der Waals surface area contributed by atoms with Gasteiger partial charge in [0, 0.05) is 11.5 Å². The van der Waals surface area contributed by atoms with E-state index in [2.05, 4.69) is 42.3 Å². The molecular formula is C11H11N. The van der Waals surface area contributed by atoms with Gasteiger partial charge >= 0.3 is 0 Å². The van der Waals surface area contributed by atoms with Gasteiger partial charge in [-0.15, -0.1) is 0 Å². The third kappa shape index (κ3) is 1.26. The molecule has 1 heteroatoms. The molecule has 60 valence electrons. The third-order valence-corrected chi connectivity index (χ3v) is 1.93. The van der Waals surface area contributed by atoms with Crippen molar-refractivity contribution in [1.82, 2.24) is 4.98 Å². The Morgan fingerprint density at radius 1 is 1.17 bits per heavy atom.